The van der Waals surface area contributed by atoms with Crippen LogP contribution in [0.1, 0.15) is 5.56 Å². The minimum Gasteiger partial charge on any atom is -0.505 e. The molecule has 0 bridgehead atoms. The van der Waals surface area contributed by atoms with Gasteiger partial charge in [0.2, 0.25) is 0 Å². The zero-order valence-electron chi connectivity index (χ0n) is 14.8. The van der Waals surface area contributed by atoms with Crippen LogP contribution in [-0.2, 0) is 11.3 Å². The summed E-state index contributed by atoms with van der Waals surface area (Å²) in [5, 5.41) is 18.7. The molecule has 0 aliphatic carbocycles. The predicted molar refractivity (Wildman–Crippen MR) is 109 cm³/mol. The molecular formula is C20H19Cl2N3O2. The van der Waals surface area contributed by atoms with E-state index in [1.807, 2.05) is 30.3 Å². The number of benzene rings is 2. The summed E-state index contributed by atoms with van der Waals surface area (Å²) >= 11 is 12.0. The molecule has 1 N–H and O–H groups in total. The number of hydrogen-bond donors (Lipinski definition) is 1. The van der Waals surface area contributed by atoms with Gasteiger partial charge in [-0.05, 0) is 29.8 Å². The highest BCUT2D eigenvalue weighted by molar-refractivity contribution is 6.37. The quantitative estimate of drug-likeness (QED) is 0.613. The van der Waals surface area contributed by atoms with Gasteiger partial charge < -0.3 is 14.7 Å². The van der Waals surface area contributed by atoms with Gasteiger partial charge in [0.15, 0.2) is 11.6 Å². The van der Waals surface area contributed by atoms with Gasteiger partial charge in [-0.15, -0.1) is 10.2 Å². The van der Waals surface area contributed by atoms with Gasteiger partial charge in [0.25, 0.3) is 0 Å². The number of aromatic nitrogens is 2. The van der Waals surface area contributed by atoms with Gasteiger partial charge in [-0.3, -0.25) is 0 Å². The Morgan fingerprint density at radius 3 is 2.30 bits per heavy atom. The molecule has 5 nitrogen and oxygen atoms in total. The summed E-state index contributed by atoms with van der Waals surface area (Å²) in [7, 11) is 1.67. The first-order chi connectivity index (χ1) is 13.1. The van der Waals surface area contributed by atoms with Crippen LogP contribution in [0.3, 0.4) is 0 Å². The molecule has 0 aliphatic heterocycles. The highest BCUT2D eigenvalue weighted by Crippen LogP contribution is 2.35. The fourth-order valence-corrected chi connectivity index (χ4v) is 3.13. The highest BCUT2D eigenvalue weighted by atomic mass is 35.5. The summed E-state index contributed by atoms with van der Waals surface area (Å²) in [6, 6.07) is 17.1. The predicted octanol–water partition coefficient (Wildman–Crippen LogP) is 4.81. The van der Waals surface area contributed by atoms with Crippen molar-refractivity contribution in [2.24, 2.45) is 0 Å². The van der Waals surface area contributed by atoms with E-state index in [4.69, 9.17) is 27.9 Å². The zero-order valence-corrected chi connectivity index (χ0v) is 16.3. The molecule has 0 atom stereocenters. The molecule has 27 heavy (non-hydrogen) atoms. The van der Waals surface area contributed by atoms with Gasteiger partial charge >= 0.3 is 0 Å². The second-order valence-electron chi connectivity index (χ2n) is 5.97. The van der Waals surface area contributed by atoms with E-state index in [1.165, 1.54) is 5.56 Å². The zero-order chi connectivity index (χ0) is 19.2. The standard InChI is InChI=1S/C20H19Cl2N3O2/c1-27-10-9-25(13-14-5-3-2-4-6-14)19-8-7-18(23-24-19)15-11-16(21)20(26)17(22)12-15/h2-8,11-12,26H,9-10,13H2,1H3. The molecule has 7 heteroatoms. The summed E-state index contributed by atoms with van der Waals surface area (Å²) in [4.78, 5) is 2.10. The minimum absolute atomic E-state index is 0.139. The van der Waals surface area contributed by atoms with Crippen LogP contribution in [0.2, 0.25) is 10.0 Å². The molecule has 0 saturated carbocycles. The van der Waals surface area contributed by atoms with E-state index < -0.39 is 0 Å². The van der Waals surface area contributed by atoms with Gasteiger partial charge in [0, 0.05) is 25.8 Å². The summed E-state index contributed by atoms with van der Waals surface area (Å²) in [6.45, 7) is 1.98. The summed E-state index contributed by atoms with van der Waals surface area (Å²) in [6.07, 6.45) is 0. The van der Waals surface area contributed by atoms with Crippen molar-refractivity contribution >= 4 is 29.0 Å². The van der Waals surface area contributed by atoms with E-state index in [2.05, 4.69) is 27.2 Å². The first-order valence-corrected chi connectivity index (χ1v) is 9.14. The van der Waals surface area contributed by atoms with E-state index >= 15 is 0 Å². The van der Waals surface area contributed by atoms with Crippen molar-refractivity contribution in [2.45, 2.75) is 6.54 Å². The lowest BCUT2D eigenvalue weighted by molar-refractivity contribution is 0.204. The Balaban J connectivity index is 1.84. The van der Waals surface area contributed by atoms with E-state index in [1.54, 1.807) is 19.2 Å². The van der Waals surface area contributed by atoms with Crippen LogP contribution in [-0.4, -0.2) is 35.6 Å². The lowest BCUT2D eigenvalue weighted by Gasteiger charge is -2.23. The number of methoxy groups -OCH3 is 1. The van der Waals surface area contributed by atoms with Crippen molar-refractivity contribution in [2.75, 3.05) is 25.2 Å². The van der Waals surface area contributed by atoms with E-state index in [0.29, 0.717) is 31.0 Å². The summed E-state index contributed by atoms with van der Waals surface area (Å²) in [5.41, 5.74) is 2.49. The third-order valence-corrected chi connectivity index (χ3v) is 4.64. The van der Waals surface area contributed by atoms with Crippen molar-refractivity contribution in [3.05, 3.63) is 70.2 Å². The van der Waals surface area contributed by atoms with Crippen molar-refractivity contribution in [1.82, 2.24) is 10.2 Å². The Morgan fingerprint density at radius 1 is 1.00 bits per heavy atom. The van der Waals surface area contributed by atoms with Crippen LogP contribution in [0, 0.1) is 0 Å². The third-order valence-electron chi connectivity index (χ3n) is 4.07. The Hall–Kier alpha value is -2.34. The average Bonchev–Trinajstić information content (AvgIpc) is 2.70. The number of aromatic hydroxyl groups is 1. The maximum atomic E-state index is 9.70. The third kappa shape index (κ3) is 4.89. The SMILES string of the molecule is COCCN(Cc1ccccc1)c1ccc(-c2cc(Cl)c(O)c(Cl)c2)nn1. The molecule has 0 amide bonds. The molecular weight excluding hydrogens is 385 g/mol. The van der Waals surface area contributed by atoms with Gasteiger partial charge in [0.1, 0.15) is 0 Å². The molecule has 3 rings (SSSR count). The monoisotopic (exact) mass is 403 g/mol. The normalized spacial score (nSPS) is 10.8. The molecule has 1 aromatic heterocycles. The van der Waals surface area contributed by atoms with Crippen LogP contribution in [0.5, 0.6) is 5.75 Å². The van der Waals surface area contributed by atoms with E-state index in [9.17, 15) is 5.11 Å². The number of rotatable bonds is 7. The van der Waals surface area contributed by atoms with Gasteiger partial charge in [-0.25, -0.2) is 0 Å². The topological polar surface area (TPSA) is 58.5 Å². The Morgan fingerprint density at radius 2 is 1.70 bits per heavy atom. The van der Waals surface area contributed by atoms with Gasteiger partial charge in [-0.1, -0.05) is 53.5 Å². The lowest BCUT2D eigenvalue weighted by Crippen LogP contribution is -2.27. The Kier molecular flexibility index (Phi) is 6.50. The molecule has 2 aromatic carbocycles. The maximum Gasteiger partial charge on any atom is 0.152 e. The number of halogens is 2. The second kappa shape index (κ2) is 9.04. The number of nitrogens with zero attached hydrogens (tertiary/aromatic N) is 3. The van der Waals surface area contributed by atoms with Crippen LogP contribution < -0.4 is 4.90 Å². The number of hydrogen-bond acceptors (Lipinski definition) is 5. The molecule has 0 unspecified atom stereocenters. The molecule has 140 valence electrons. The van der Waals surface area contributed by atoms with Gasteiger partial charge in [0.05, 0.1) is 22.3 Å². The smallest absolute Gasteiger partial charge is 0.152 e. The minimum atomic E-state index is -0.139. The number of phenols is 1. The molecule has 3 aromatic rings. The first-order valence-electron chi connectivity index (χ1n) is 8.38. The van der Waals surface area contributed by atoms with Crippen molar-refractivity contribution in [3.63, 3.8) is 0 Å². The second-order valence-corrected chi connectivity index (χ2v) is 6.78. The largest absolute Gasteiger partial charge is 0.505 e. The molecule has 0 aliphatic rings. The van der Waals surface area contributed by atoms with Crippen LogP contribution >= 0.6 is 23.2 Å². The summed E-state index contributed by atoms with van der Waals surface area (Å²) in [5.74, 6) is 0.607. The fraction of sp³-hybridized carbons (Fsp3) is 0.200. The first kappa shape index (κ1) is 19.4. The van der Waals surface area contributed by atoms with Crippen molar-refractivity contribution < 1.29 is 9.84 Å². The molecule has 0 saturated heterocycles. The number of phenolic OH excluding ortho intramolecular Hbond substituents is 1. The van der Waals surface area contributed by atoms with Crippen LogP contribution in [0.15, 0.2) is 54.6 Å². The number of ether oxygens (including phenoxy) is 1. The Bertz CT molecular complexity index is 866. The molecule has 0 radical (unpaired) electrons. The fourth-order valence-electron chi connectivity index (χ4n) is 2.64. The van der Waals surface area contributed by atoms with Crippen LogP contribution in [0.4, 0.5) is 5.82 Å². The van der Waals surface area contributed by atoms with Gasteiger partial charge in [-0.2, -0.15) is 0 Å². The molecule has 1 heterocycles. The average molecular weight is 404 g/mol. The Labute approximate surface area is 168 Å². The van der Waals surface area contributed by atoms with E-state index in [-0.39, 0.29) is 15.8 Å². The van der Waals surface area contributed by atoms with Crippen LogP contribution in [0.25, 0.3) is 11.3 Å². The molecule has 0 spiro atoms. The lowest BCUT2D eigenvalue weighted by atomic mass is 10.1. The summed E-state index contributed by atoms with van der Waals surface area (Å²) < 4.78 is 5.22. The van der Waals surface area contributed by atoms with Crippen molar-refractivity contribution in [3.8, 4) is 17.0 Å². The maximum absolute atomic E-state index is 9.70. The molecule has 0 fully saturated rings. The van der Waals surface area contributed by atoms with E-state index in [0.717, 1.165) is 5.82 Å². The number of anilines is 1. The van der Waals surface area contributed by atoms with Crippen molar-refractivity contribution in [1.29, 1.82) is 0 Å². The highest BCUT2D eigenvalue weighted by Gasteiger charge is 2.12.